The van der Waals surface area contributed by atoms with Crippen LogP contribution in [0.4, 0.5) is 0 Å². The molecule has 1 aromatic rings. The summed E-state index contributed by atoms with van der Waals surface area (Å²) in [6.45, 7) is 12.1. The van der Waals surface area contributed by atoms with Crippen molar-refractivity contribution in [3.05, 3.63) is 5.82 Å². The number of nitrogens with one attached hydrogen (secondary N) is 1. The minimum Gasteiger partial charge on any atom is -0.375 e. The standard InChI is InChI=1S/C13H25N5O/c1-12(2,3)14-9-11-15-16-17-18(11)10-6-7-19-13(4,5)8-10/h10,14H,6-9H2,1-5H3. The Labute approximate surface area is 114 Å². The lowest BCUT2D eigenvalue weighted by Gasteiger charge is -2.35. The van der Waals surface area contributed by atoms with Gasteiger partial charge < -0.3 is 10.1 Å². The van der Waals surface area contributed by atoms with E-state index in [9.17, 15) is 0 Å². The molecule has 6 heteroatoms. The Bertz CT molecular complexity index is 421. The molecule has 2 rings (SSSR count). The Hall–Kier alpha value is -1.01. The van der Waals surface area contributed by atoms with Gasteiger partial charge in [-0.05, 0) is 57.9 Å². The van der Waals surface area contributed by atoms with Gasteiger partial charge in [0.2, 0.25) is 0 Å². The van der Waals surface area contributed by atoms with Crippen LogP contribution < -0.4 is 5.32 Å². The van der Waals surface area contributed by atoms with Crippen LogP contribution in [-0.2, 0) is 11.3 Å². The van der Waals surface area contributed by atoms with Crippen molar-refractivity contribution in [2.24, 2.45) is 0 Å². The molecule has 1 aliphatic rings. The van der Waals surface area contributed by atoms with Gasteiger partial charge in [0, 0.05) is 12.1 Å². The maximum atomic E-state index is 5.75. The second kappa shape index (κ2) is 5.17. The molecular weight excluding hydrogens is 242 g/mol. The minimum atomic E-state index is -0.0937. The van der Waals surface area contributed by atoms with Gasteiger partial charge in [0.1, 0.15) is 0 Å². The van der Waals surface area contributed by atoms with Gasteiger partial charge in [-0.25, -0.2) is 4.68 Å². The Morgan fingerprint density at radius 2 is 2.16 bits per heavy atom. The van der Waals surface area contributed by atoms with E-state index in [2.05, 4.69) is 55.5 Å². The van der Waals surface area contributed by atoms with Gasteiger partial charge in [-0.2, -0.15) is 0 Å². The van der Waals surface area contributed by atoms with Crippen LogP contribution in [0.2, 0.25) is 0 Å². The van der Waals surface area contributed by atoms with E-state index in [-0.39, 0.29) is 11.1 Å². The van der Waals surface area contributed by atoms with Crippen LogP contribution in [0, 0.1) is 0 Å². The molecule has 2 heterocycles. The zero-order chi connectivity index (χ0) is 14.1. The molecule has 1 unspecified atom stereocenters. The van der Waals surface area contributed by atoms with E-state index in [1.165, 1.54) is 0 Å². The predicted molar refractivity (Wildman–Crippen MR) is 72.7 cm³/mol. The first kappa shape index (κ1) is 14.4. The highest BCUT2D eigenvalue weighted by atomic mass is 16.5. The van der Waals surface area contributed by atoms with Crippen molar-refractivity contribution in [2.75, 3.05) is 6.61 Å². The van der Waals surface area contributed by atoms with E-state index >= 15 is 0 Å². The molecule has 1 aromatic heterocycles. The van der Waals surface area contributed by atoms with Crippen LogP contribution in [-0.4, -0.2) is 38.0 Å². The monoisotopic (exact) mass is 267 g/mol. The van der Waals surface area contributed by atoms with Crippen molar-refractivity contribution < 1.29 is 4.74 Å². The zero-order valence-corrected chi connectivity index (χ0v) is 12.6. The fourth-order valence-electron chi connectivity index (χ4n) is 2.36. The third kappa shape index (κ3) is 3.98. The van der Waals surface area contributed by atoms with Crippen LogP contribution in [0.1, 0.15) is 59.3 Å². The summed E-state index contributed by atoms with van der Waals surface area (Å²) in [4.78, 5) is 0. The average molecular weight is 267 g/mol. The summed E-state index contributed by atoms with van der Waals surface area (Å²) in [5, 5.41) is 15.6. The maximum Gasteiger partial charge on any atom is 0.165 e. The molecule has 0 aliphatic carbocycles. The molecule has 108 valence electrons. The lowest BCUT2D eigenvalue weighted by atomic mass is 9.94. The van der Waals surface area contributed by atoms with Gasteiger partial charge in [-0.1, -0.05) is 0 Å². The highest BCUT2D eigenvalue weighted by Crippen LogP contribution is 2.31. The highest BCUT2D eigenvalue weighted by molar-refractivity contribution is 4.90. The van der Waals surface area contributed by atoms with Crippen molar-refractivity contribution in [2.45, 2.75) is 71.2 Å². The third-order valence-corrected chi connectivity index (χ3v) is 3.35. The molecule has 1 N–H and O–H groups in total. The van der Waals surface area contributed by atoms with E-state index in [4.69, 9.17) is 4.74 Å². The first-order chi connectivity index (χ1) is 8.77. The van der Waals surface area contributed by atoms with Crippen molar-refractivity contribution in [1.82, 2.24) is 25.5 Å². The third-order valence-electron chi connectivity index (χ3n) is 3.35. The van der Waals surface area contributed by atoms with Crippen LogP contribution in [0.15, 0.2) is 0 Å². The second-order valence-corrected chi connectivity index (χ2v) is 6.90. The van der Waals surface area contributed by atoms with Crippen LogP contribution >= 0.6 is 0 Å². The lowest BCUT2D eigenvalue weighted by Crippen LogP contribution is -2.38. The van der Waals surface area contributed by atoms with E-state index < -0.39 is 0 Å². The number of aromatic nitrogens is 4. The summed E-state index contributed by atoms with van der Waals surface area (Å²) in [7, 11) is 0. The fraction of sp³-hybridized carbons (Fsp3) is 0.923. The molecule has 0 bridgehead atoms. The van der Waals surface area contributed by atoms with Crippen molar-refractivity contribution in [3.8, 4) is 0 Å². The minimum absolute atomic E-state index is 0.0612. The number of rotatable bonds is 3. The Morgan fingerprint density at radius 1 is 1.42 bits per heavy atom. The van der Waals surface area contributed by atoms with Gasteiger partial charge in [0.25, 0.3) is 0 Å². The van der Waals surface area contributed by atoms with E-state index in [1.54, 1.807) is 0 Å². The van der Waals surface area contributed by atoms with Gasteiger partial charge in [0.15, 0.2) is 5.82 Å². The molecule has 1 saturated heterocycles. The molecule has 1 aliphatic heterocycles. The smallest absolute Gasteiger partial charge is 0.165 e. The Balaban J connectivity index is 2.06. The number of nitrogens with zero attached hydrogens (tertiary/aromatic N) is 4. The topological polar surface area (TPSA) is 64.9 Å². The number of hydrogen-bond donors (Lipinski definition) is 1. The van der Waals surface area contributed by atoms with Gasteiger partial charge in [-0.3, -0.25) is 0 Å². The van der Waals surface area contributed by atoms with Gasteiger partial charge in [0.05, 0.1) is 18.2 Å². The molecular formula is C13H25N5O. The summed E-state index contributed by atoms with van der Waals surface area (Å²) in [5.41, 5.74) is -0.0324. The summed E-state index contributed by atoms with van der Waals surface area (Å²) in [6, 6.07) is 0.329. The summed E-state index contributed by atoms with van der Waals surface area (Å²) in [5.74, 6) is 0.901. The van der Waals surface area contributed by atoms with E-state index in [0.29, 0.717) is 12.6 Å². The number of ether oxygens (including phenoxy) is 1. The number of hydrogen-bond acceptors (Lipinski definition) is 5. The SMILES string of the molecule is CC(C)(C)NCc1nnnn1C1CCOC(C)(C)C1. The Morgan fingerprint density at radius 3 is 2.79 bits per heavy atom. The molecule has 0 amide bonds. The molecule has 0 radical (unpaired) electrons. The van der Waals surface area contributed by atoms with E-state index in [0.717, 1.165) is 25.3 Å². The predicted octanol–water partition coefficient (Wildman–Crippen LogP) is 1.69. The summed E-state index contributed by atoms with van der Waals surface area (Å²) in [6.07, 6.45) is 1.91. The molecule has 6 nitrogen and oxygen atoms in total. The number of tetrazole rings is 1. The summed E-state index contributed by atoms with van der Waals surface area (Å²) >= 11 is 0. The average Bonchev–Trinajstić information content (AvgIpc) is 2.72. The van der Waals surface area contributed by atoms with Crippen molar-refractivity contribution in [3.63, 3.8) is 0 Å². The van der Waals surface area contributed by atoms with Crippen LogP contribution in [0.3, 0.4) is 0 Å². The molecule has 0 aromatic carbocycles. The molecule has 19 heavy (non-hydrogen) atoms. The van der Waals surface area contributed by atoms with Crippen LogP contribution in [0.25, 0.3) is 0 Å². The van der Waals surface area contributed by atoms with Crippen LogP contribution in [0.5, 0.6) is 0 Å². The molecule has 0 spiro atoms. The highest BCUT2D eigenvalue weighted by Gasteiger charge is 2.31. The quantitative estimate of drug-likeness (QED) is 0.903. The molecule has 0 saturated carbocycles. The van der Waals surface area contributed by atoms with Gasteiger partial charge >= 0.3 is 0 Å². The molecule has 1 fully saturated rings. The van der Waals surface area contributed by atoms with E-state index in [1.807, 2.05) is 4.68 Å². The summed E-state index contributed by atoms with van der Waals surface area (Å²) < 4.78 is 7.71. The van der Waals surface area contributed by atoms with Gasteiger partial charge in [-0.15, -0.1) is 5.10 Å². The second-order valence-electron chi connectivity index (χ2n) is 6.90. The van der Waals surface area contributed by atoms with Crippen molar-refractivity contribution in [1.29, 1.82) is 0 Å². The Kier molecular flexibility index (Phi) is 3.92. The maximum absolute atomic E-state index is 5.75. The largest absolute Gasteiger partial charge is 0.375 e. The fourth-order valence-corrected chi connectivity index (χ4v) is 2.36. The normalized spacial score (nSPS) is 23.5. The van der Waals surface area contributed by atoms with Crippen molar-refractivity contribution >= 4 is 0 Å². The zero-order valence-electron chi connectivity index (χ0n) is 12.6. The molecule has 1 atom stereocenters. The lowest BCUT2D eigenvalue weighted by molar-refractivity contribution is -0.0714. The first-order valence-electron chi connectivity index (χ1n) is 6.93. The first-order valence-corrected chi connectivity index (χ1v) is 6.93.